The van der Waals surface area contributed by atoms with Crippen LogP contribution < -0.4 is 4.74 Å². The quantitative estimate of drug-likeness (QED) is 0.744. The largest absolute Gasteiger partial charge is 0.504 e. The third-order valence-electron chi connectivity index (χ3n) is 1.51. The van der Waals surface area contributed by atoms with Crippen molar-refractivity contribution in [1.29, 1.82) is 0 Å². The number of aliphatic hydroxyl groups excluding tert-OH is 1. The molecular formula is C10H12O3. The summed E-state index contributed by atoms with van der Waals surface area (Å²) in [6, 6.07) is 4.29. The number of aromatic hydroxyl groups is 1. The van der Waals surface area contributed by atoms with Gasteiger partial charge in [0.2, 0.25) is 0 Å². The maximum Gasteiger partial charge on any atom is 0.161 e. The highest BCUT2D eigenvalue weighted by molar-refractivity contribution is 5.55. The van der Waals surface area contributed by atoms with E-state index in [0.29, 0.717) is 5.56 Å². The molecule has 0 aliphatic rings. The van der Waals surface area contributed by atoms with Gasteiger partial charge in [-0.1, -0.05) is 18.2 Å². The van der Waals surface area contributed by atoms with Gasteiger partial charge in [0.1, 0.15) is 0 Å². The van der Waals surface area contributed by atoms with Crippen molar-refractivity contribution in [3.05, 3.63) is 29.8 Å². The van der Waals surface area contributed by atoms with Crippen LogP contribution in [0.3, 0.4) is 0 Å². The zero-order chi connectivity index (χ0) is 12.2. The van der Waals surface area contributed by atoms with Gasteiger partial charge < -0.3 is 14.9 Å². The molecule has 0 saturated carbocycles. The van der Waals surface area contributed by atoms with Gasteiger partial charge in [-0.15, -0.1) is 0 Å². The molecule has 0 amide bonds. The summed E-state index contributed by atoms with van der Waals surface area (Å²) < 4.78 is 25.4. The average Bonchev–Trinajstić information content (AvgIpc) is 2.17. The predicted octanol–water partition coefficient (Wildman–Crippen LogP) is 1.41. The molecule has 3 heteroatoms. The minimum absolute atomic E-state index is 0.111. The zero-order valence-corrected chi connectivity index (χ0v) is 6.90. The molecule has 2 N–H and O–H groups in total. The number of aliphatic hydroxyl groups is 1. The minimum Gasteiger partial charge on any atom is -0.504 e. The van der Waals surface area contributed by atoms with Crippen molar-refractivity contribution < 1.29 is 19.1 Å². The van der Waals surface area contributed by atoms with E-state index in [-0.39, 0.29) is 18.1 Å². The van der Waals surface area contributed by atoms with Gasteiger partial charge in [-0.05, 0) is 17.7 Å². The Balaban J connectivity index is 2.95. The Kier molecular flexibility index (Phi) is 2.10. The number of methoxy groups -OCH3 is 1. The summed E-state index contributed by atoms with van der Waals surface area (Å²) in [5.74, 6) is -0.350. The lowest BCUT2D eigenvalue weighted by Gasteiger charge is -2.03. The zero-order valence-electron chi connectivity index (χ0n) is 9.90. The molecule has 0 bridgehead atoms. The van der Waals surface area contributed by atoms with Gasteiger partial charge in [-0.25, -0.2) is 0 Å². The lowest BCUT2D eigenvalue weighted by atomic mass is 10.2. The smallest absolute Gasteiger partial charge is 0.161 e. The molecule has 70 valence electrons. The number of phenols is 1. The molecule has 0 aliphatic heterocycles. The van der Waals surface area contributed by atoms with Crippen molar-refractivity contribution >= 4 is 6.08 Å². The molecule has 3 nitrogen and oxygen atoms in total. The van der Waals surface area contributed by atoms with Crippen LogP contribution in [0.15, 0.2) is 24.3 Å². The maximum absolute atomic E-state index is 9.38. The Hall–Kier alpha value is -1.48. The SMILES string of the molecule is [2H]C([2H])([2H])Oc1cc(/C=C/CO)ccc1O. The van der Waals surface area contributed by atoms with E-state index in [4.69, 9.17) is 9.22 Å². The summed E-state index contributed by atoms with van der Waals surface area (Å²) in [6.07, 6.45) is 3.08. The maximum atomic E-state index is 9.38. The molecule has 0 spiro atoms. The van der Waals surface area contributed by atoms with Gasteiger partial charge in [-0.2, -0.15) is 0 Å². The summed E-state index contributed by atoms with van der Waals surface area (Å²) in [5.41, 5.74) is 0.631. The lowest BCUT2D eigenvalue weighted by Crippen LogP contribution is -1.84. The molecule has 0 saturated heterocycles. The summed E-state index contributed by atoms with van der Waals surface area (Å²) in [7, 11) is -2.60. The van der Waals surface area contributed by atoms with E-state index in [1.54, 1.807) is 12.1 Å². The van der Waals surface area contributed by atoms with E-state index in [0.717, 1.165) is 0 Å². The Bertz CT molecular complexity index is 385. The third-order valence-corrected chi connectivity index (χ3v) is 1.51. The first kappa shape index (κ1) is 6.05. The van der Waals surface area contributed by atoms with E-state index in [1.165, 1.54) is 18.2 Å². The topological polar surface area (TPSA) is 49.7 Å². The van der Waals surface area contributed by atoms with Crippen LogP contribution in [0.5, 0.6) is 11.5 Å². The number of rotatable bonds is 3. The van der Waals surface area contributed by atoms with Crippen molar-refractivity contribution in [3.63, 3.8) is 0 Å². The van der Waals surface area contributed by atoms with Gasteiger partial charge in [0.25, 0.3) is 0 Å². The summed E-state index contributed by atoms with van der Waals surface area (Å²) >= 11 is 0. The van der Waals surface area contributed by atoms with Crippen LogP contribution in [0.4, 0.5) is 0 Å². The van der Waals surface area contributed by atoms with Crippen LogP contribution in [0.2, 0.25) is 0 Å². The predicted molar refractivity (Wildman–Crippen MR) is 50.8 cm³/mol. The first-order chi connectivity index (χ1) is 7.42. The van der Waals surface area contributed by atoms with Crippen LogP contribution in [0.25, 0.3) is 6.08 Å². The third kappa shape index (κ3) is 2.49. The molecule has 0 heterocycles. The Morgan fingerprint density at radius 2 is 2.46 bits per heavy atom. The second kappa shape index (κ2) is 4.52. The number of ether oxygens (including phenoxy) is 1. The number of hydrogen-bond donors (Lipinski definition) is 2. The standard InChI is InChI=1S/C10H12O3/c1-13-10-7-8(3-2-6-11)4-5-9(10)12/h2-5,7,11-12H,6H2,1H3/b3-2+/i1D3. The van der Waals surface area contributed by atoms with Gasteiger partial charge in [-0.3, -0.25) is 0 Å². The molecule has 13 heavy (non-hydrogen) atoms. The van der Waals surface area contributed by atoms with Crippen molar-refractivity contribution in [2.45, 2.75) is 0 Å². The van der Waals surface area contributed by atoms with E-state index < -0.39 is 7.04 Å². The molecule has 1 rings (SSSR count). The molecule has 1 aromatic carbocycles. The number of phenolic OH excluding ortho intramolecular Hbond substituents is 1. The number of hydrogen-bond acceptors (Lipinski definition) is 3. The first-order valence-electron chi connectivity index (χ1n) is 5.22. The monoisotopic (exact) mass is 183 g/mol. The lowest BCUT2D eigenvalue weighted by molar-refractivity contribution is 0.343. The summed E-state index contributed by atoms with van der Waals surface area (Å²) in [5, 5.41) is 18.0. The molecule has 0 aliphatic carbocycles. The van der Waals surface area contributed by atoms with E-state index in [1.807, 2.05) is 0 Å². The minimum atomic E-state index is -2.60. The fourth-order valence-corrected chi connectivity index (χ4v) is 0.905. The van der Waals surface area contributed by atoms with Crippen LogP contribution in [-0.4, -0.2) is 23.9 Å². The normalized spacial score (nSPS) is 15.0. The average molecular weight is 183 g/mol. The van der Waals surface area contributed by atoms with E-state index in [9.17, 15) is 5.11 Å². The molecule has 0 fully saturated rings. The fourth-order valence-electron chi connectivity index (χ4n) is 0.905. The summed E-state index contributed by atoms with van der Waals surface area (Å²) in [4.78, 5) is 0. The van der Waals surface area contributed by atoms with Crippen LogP contribution in [0, 0.1) is 0 Å². The molecular weight excluding hydrogens is 168 g/mol. The van der Waals surface area contributed by atoms with Crippen molar-refractivity contribution in [2.75, 3.05) is 13.6 Å². The molecule has 0 aromatic heterocycles. The number of benzene rings is 1. The highest BCUT2D eigenvalue weighted by atomic mass is 16.5. The van der Waals surface area contributed by atoms with Gasteiger partial charge in [0.05, 0.1) is 17.8 Å². The van der Waals surface area contributed by atoms with E-state index in [2.05, 4.69) is 4.74 Å². The Morgan fingerprint density at radius 1 is 1.62 bits per heavy atom. The van der Waals surface area contributed by atoms with Crippen LogP contribution in [0.1, 0.15) is 9.68 Å². The molecule has 1 aromatic rings. The highest BCUT2D eigenvalue weighted by Crippen LogP contribution is 2.26. The molecule has 0 radical (unpaired) electrons. The van der Waals surface area contributed by atoms with Gasteiger partial charge >= 0.3 is 0 Å². The van der Waals surface area contributed by atoms with Crippen LogP contribution in [-0.2, 0) is 0 Å². The van der Waals surface area contributed by atoms with Crippen molar-refractivity contribution in [3.8, 4) is 11.5 Å². The highest BCUT2D eigenvalue weighted by Gasteiger charge is 1.99. The van der Waals surface area contributed by atoms with E-state index >= 15 is 0 Å². The molecule has 0 atom stereocenters. The van der Waals surface area contributed by atoms with Gasteiger partial charge in [0.15, 0.2) is 11.5 Å². The second-order valence-corrected chi connectivity index (χ2v) is 2.41. The van der Waals surface area contributed by atoms with Crippen molar-refractivity contribution in [2.24, 2.45) is 0 Å². The Labute approximate surface area is 81.1 Å². The summed E-state index contributed by atoms with van der Waals surface area (Å²) in [6.45, 7) is -0.115. The fraction of sp³-hybridized carbons (Fsp3) is 0.200. The first-order valence-corrected chi connectivity index (χ1v) is 3.72. The second-order valence-electron chi connectivity index (χ2n) is 2.41. The van der Waals surface area contributed by atoms with Crippen molar-refractivity contribution in [1.82, 2.24) is 0 Å². The van der Waals surface area contributed by atoms with Gasteiger partial charge in [0, 0.05) is 0 Å². The molecule has 0 unspecified atom stereocenters. The Morgan fingerprint density at radius 3 is 3.15 bits per heavy atom. The van der Waals surface area contributed by atoms with Crippen LogP contribution >= 0.6 is 0 Å².